The molecule has 2 heterocycles. The smallest absolute Gasteiger partial charge is 0.311 e. The van der Waals surface area contributed by atoms with Gasteiger partial charge >= 0.3 is 5.97 Å². The van der Waals surface area contributed by atoms with Gasteiger partial charge in [-0.3, -0.25) is 14.2 Å². The molecule has 12 heteroatoms. The lowest BCUT2D eigenvalue weighted by molar-refractivity contribution is -0.142. The Bertz CT molecular complexity index is 1150. The SMILES string of the molecule is C=CCn1c(SCC(=O)Nc2nc(CC(=O)OCC)cs2)nnc1C(C)Oc1ccccc1Cl. The fourth-order valence-electron chi connectivity index (χ4n) is 2.88. The number of esters is 1. The zero-order chi connectivity index (χ0) is 24.5. The number of thiazole rings is 1. The second-order valence-electron chi connectivity index (χ2n) is 6.89. The van der Waals surface area contributed by atoms with Crippen LogP contribution in [0.1, 0.15) is 31.5 Å². The number of benzene rings is 1. The number of carbonyl (C=O) groups is 2. The quantitative estimate of drug-likeness (QED) is 0.210. The van der Waals surface area contributed by atoms with Gasteiger partial charge in [0.2, 0.25) is 5.91 Å². The first-order valence-corrected chi connectivity index (χ1v) is 12.6. The summed E-state index contributed by atoms with van der Waals surface area (Å²) < 4.78 is 12.7. The maximum atomic E-state index is 12.4. The van der Waals surface area contributed by atoms with Crippen LogP contribution in [-0.2, 0) is 27.3 Å². The van der Waals surface area contributed by atoms with E-state index in [0.29, 0.717) is 45.7 Å². The molecular weight excluding hydrogens is 498 g/mol. The summed E-state index contributed by atoms with van der Waals surface area (Å²) in [6.45, 7) is 8.15. The van der Waals surface area contributed by atoms with Gasteiger partial charge in [-0.1, -0.05) is 41.6 Å². The summed E-state index contributed by atoms with van der Waals surface area (Å²) in [6, 6.07) is 7.20. The summed E-state index contributed by atoms with van der Waals surface area (Å²) >= 11 is 8.68. The van der Waals surface area contributed by atoms with Crippen molar-refractivity contribution < 1.29 is 19.1 Å². The maximum absolute atomic E-state index is 12.4. The monoisotopic (exact) mass is 521 g/mol. The number of thioether (sulfide) groups is 1. The standard InChI is InChI=1S/C22H24ClN5O4S2/c1-4-10-28-20(14(3)32-17-9-7-6-8-16(17)23)26-27-22(28)34-13-18(29)25-21-24-15(12-33-21)11-19(30)31-5-2/h4,6-9,12,14H,1,5,10-11,13H2,2-3H3,(H,24,25,29). The normalized spacial score (nSPS) is 11.6. The van der Waals surface area contributed by atoms with Gasteiger partial charge < -0.3 is 14.8 Å². The molecule has 34 heavy (non-hydrogen) atoms. The Kier molecular flexibility index (Phi) is 9.49. The van der Waals surface area contributed by atoms with Crippen LogP contribution in [-0.4, -0.2) is 44.0 Å². The number of hydrogen-bond donors (Lipinski definition) is 1. The number of allylic oxidation sites excluding steroid dienone is 1. The van der Waals surface area contributed by atoms with Crippen molar-refractivity contribution in [1.29, 1.82) is 0 Å². The molecule has 0 saturated heterocycles. The van der Waals surface area contributed by atoms with Crippen LogP contribution in [0.3, 0.4) is 0 Å². The first-order valence-electron chi connectivity index (χ1n) is 10.4. The van der Waals surface area contributed by atoms with Crippen LogP contribution in [0.2, 0.25) is 5.02 Å². The predicted molar refractivity (Wildman–Crippen MR) is 133 cm³/mol. The predicted octanol–water partition coefficient (Wildman–Crippen LogP) is 4.55. The number of rotatable bonds is 12. The lowest BCUT2D eigenvalue weighted by atomic mass is 10.3. The van der Waals surface area contributed by atoms with E-state index in [0.717, 1.165) is 0 Å². The maximum Gasteiger partial charge on any atom is 0.311 e. The van der Waals surface area contributed by atoms with Crippen molar-refractivity contribution in [3.8, 4) is 5.75 Å². The van der Waals surface area contributed by atoms with Gasteiger partial charge in [0, 0.05) is 11.9 Å². The zero-order valence-electron chi connectivity index (χ0n) is 18.7. The summed E-state index contributed by atoms with van der Waals surface area (Å²) in [4.78, 5) is 28.3. The number of halogens is 1. The van der Waals surface area contributed by atoms with Crippen molar-refractivity contribution >= 4 is 51.7 Å². The third-order valence-electron chi connectivity index (χ3n) is 4.32. The summed E-state index contributed by atoms with van der Waals surface area (Å²) in [5, 5.41) is 14.4. The van der Waals surface area contributed by atoms with Crippen LogP contribution >= 0.6 is 34.7 Å². The Morgan fingerprint density at radius 3 is 2.88 bits per heavy atom. The third kappa shape index (κ3) is 7.05. The number of ether oxygens (including phenoxy) is 2. The van der Waals surface area contributed by atoms with E-state index in [9.17, 15) is 9.59 Å². The average molecular weight is 522 g/mol. The minimum Gasteiger partial charge on any atom is -0.481 e. The van der Waals surface area contributed by atoms with Crippen molar-refractivity contribution in [1.82, 2.24) is 19.7 Å². The number of nitrogens with zero attached hydrogens (tertiary/aromatic N) is 4. The highest BCUT2D eigenvalue weighted by Crippen LogP contribution is 2.29. The number of anilines is 1. The molecule has 0 aliphatic rings. The van der Waals surface area contributed by atoms with Crippen LogP contribution in [0.5, 0.6) is 5.75 Å². The molecule has 0 bridgehead atoms. The third-order valence-corrected chi connectivity index (χ3v) is 6.41. The van der Waals surface area contributed by atoms with E-state index < -0.39 is 6.10 Å². The van der Waals surface area contributed by atoms with Gasteiger partial charge in [-0.15, -0.1) is 28.1 Å². The topological polar surface area (TPSA) is 108 Å². The molecule has 0 radical (unpaired) electrons. The Morgan fingerprint density at radius 2 is 2.15 bits per heavy atom. The number of para-hydroxylation sites is 1. The molecule has 1 amide bonds. The molecule has 0 saturated carbocycles. The second-order valence-corrected chi connectivity index (χ2v) is 9.10. The van der Waals surface area contributed by atoms with Gasteiger partial charge in [0.15, 0.2) is 22.2 Å². The van der Waals surface area contributed by atoms with Gasteiger partial charge in [0.05, 0.1) is 29.5 Å². The van der Waals surface area contributed by atoms with Gasteiger partial charge in [0.1, 0.15) is 5.75 Å². The van der Waals surface area contributed by atoms with Crippen molar-refractivity contribution in [2.24, 2.45) is 0 Å². The zero-order valence-corrected chi connectivity index (χ0v) is 21.1. The molecule has 3 aromatic rings. The highest BCUT2D eigenvalue weighted by molar-refractivity contribution is 7.99. The molecule has 1 N–H and O–H groups in total. The molecule has 1 aromatic carbocycles. The van der Waals surface area contributed by atoms with E-state index in [-0.39, 0.29) is 24.1 Å². The van der Waals surface area contributed by atoms with Gasteiger partial charge in [0.25, 0.3) is 0 Å². The van der Waals surface area contributed by atoms with Crippen LogP contribution < -0.4 is 10.1 Å². The van der Waals surface area contributed by atoms with E-state index in [1.807, 2.05) is 23.6 Å². The van der Waals surface area contributed by atoms with E-state index in [1.165, 1.54) is 23.1 Å². The van der Waals surface area contributed by atoms with E-state index >= 15 is 0 Å². The minimum atomic E-state index is -0.427. The number of carbonyl (C=O) groups excluding carboxylic acids is 2. The summed E-state index contributed by atoms with van der Waals surface area (Å²) in [6.07, 6.45) is 1.36. The molecule has 0 aliphatic carbocycles. The fraction of sp³-hybridized carbons (Fsp3) is 0.318. The fourth-order valence-corrected chi connectivity index (χ4v) is 4.54. The highest BCUT2D eigenvalue weighted by Gasteiger charge is 2.20. The minimum absolute atomic E-state index is 0.0663. The largest absolute Gasteiger partial charge is 0.481 e. The highest BCUT2D eigenvalue weighted by atomic mass is 35.5. The van der Waals surface area contributed by atoms with E-state index in [2.05, 4.69) is 27.1 Å². The molecule has 1 atom stereocenters. The van der Waals surface area contributed by atoms with Crippen molar-refractivity contribution in [2.45, 2.75) is 38.1 Å². The molecule has 180 valence electrons. The Labute approximate surface area is 210 Å². The van der Waals surface area contributed by atoms with Crippen molar-refractivity contribution in [2.75, 3.05) is 17.7 Å². The molecule has 0 spiro atoms. The molecule has 0 fully saturated rings. The molecule has 2 aromatic heterocycles. The lowest BCUT2D eigenvalue weighted by Crippen LogP contribution is -2.15. The number of hydrogen-bond acceptors (Lipinski definition) is 9. The lowest BCUT2D eigenvalue weighted by Gasteiger charge is -2.16. The van der Waals surface area contributed by atoms with Crippen molar-refractivity contribution in [3.63, 3.8) is 0 Å². The van der Waals surface area contributed by atoms with Crippen LogP contribution in [0.25, 0.3) is 0 Å². The Balaban J connectivity index is 1.60. The summed E-state index contributed by atoms with van der Waals surface area (Å²) in [7, 11) is 0. The number of nitrogens with one attached hydrogen (secondary N) is 1. The van der Waals surface area contributed by atoms with Crippen LogP contribution in [0.15, 0.2) is 47.5 Å². The molecule has 9 nitrogen and oxygen atoms in total. The second kappa shape index (κ2) is 12.5. The van der Waals surface area contributed by atoms with E-state index in [4.69, 9.17) is 21.1 Å². The first-order chi connectivity index (χ1) is 16.4. The Morgan fingerprint density at radius 1 is 1.35 bits per heavy atom. The van der Waals surface area contributed by atoms with Crippen LogP contribution in [0.4, 0.5) is 5.13 Å². The average Bonchev–Trinajstić information content (AvgIpc) is 3.41. The molecule has 3 rings (SSSR count). The molecular formula is C22H24ClN5O4S2. The number of aromatic nitrogens is 4. The van der Waals surface area contributed by atoms with Gasteiger partial charge in [-0.05, 0) is 26.0 Å². The van der Waals surface area contributed by atoms with Crippen molar-refractivity contribution in [3.05, 3.63) is 58.8 Å². The van der Waals surface area contributed by atoms with Gasteiger partial charge in [-0.2, -0.15) is 0 Å². The first kappa shape index (κ1) is 25.7. The number of amides is 1. The Hall–Kier alpha value is -2.89. The molecule has 1 unspecified atom stereocenters. The summed E-state index contributed by atoms with van der Waals surface area (Å²) in [5.74, 6) is 0.626. The van der Waals surface area contributed by atoms with Gasteiger partial charge in [-0.25, -0.2) is 4.98 Å². The van der Waals surface area contributed by atoms with E-state index in [1.54, 1.807) is 30.5 Å². The van der Waals surface area contributed by atoms with Crippen LogP contribution in [0, 0.1) is 0 Å². The summed E-state index contributed by atoms with van der Waals surface area (Å²) in [5.41, 5.74) is 0.550. The molecule has 0 aliphatic heterocycles.